The minimum Gasteiger partial charge on any atom is -0.493 e. The van der Waals surface area contributed by atoms with Gasteiger partial charge in [-0.1, -0.05) is 32.4 Å². The highest BCUT2D eigenvalue weighted by atomic mass is 35.5. The molecule has 26 heavy (non-hydrogen) atoms. The van der Waals surface area contributed by atoms with Crippen molar-refractivity contribution >= 4 is 11.6 Å². The summed E-state index contributed by atoms with van der Waals surface area (Å²) in [4.78, 5) is 4.46. The fourth-order valence-corrected chi connectivity index (χ4v) is 2.71. The number of nitrogens with zero attached hydrogens (tertiary/aromatic N) is 1. The number of halogens is 2. The highest BCUT2D eigenvalue weighted by Gasteiger charge is 2.15. The number of rotatable bonds is 9. The molecular formula is C20H26ClFN2O2. The van der Waals surface area contributed by atoms with E-state index in [4.69, 9.17) is 16.3 Å². The van der Waals surface area contributed by atoms with Crippen LogP contribution in [-0.2, 0) is 6.54 Å². The van der Waals surface area contributed by atoms with Crippen LogP contribution in [0.1, 0.15) is 32.9 Å². The molecule has 1 aromatic heterocycles. The van der Waals surface area contributed by atoms with Crippen molar-refractivity contribution in [2.45, 2.75) is 39.8 Å². The first-order chi connectivity index (χ1) is 12.5. The maximum atomic E-state index is 14.2. The van der Waals surface area contributed by atoms with Crippen LogP contribution < -0.4 is 10.1 Å². The van der Waals surface area contributed by atoms with Crippen molar-refractivity contribution in [3.05, 3.63) is 46.9 Å². The third kappa shape index (κ3) is 5.40. The monoisotopic (exact) mass is 380 g/mol. The summed E-state index contributed by atoms with van der Waals surface area (Å²) in [6.45, 7) is 6.82. The summed E-state index contributed by atoms with van der Waals surface area (Å²) < 4.78 is 20.0. The summed E-state index contributed by atoms with van der Waals surface area (Å²) >= 11 is 6.13. The van der Waals surface area contributed by atoms with Gasteiger partial charge in [0.2, 0.25) is 0 Å². The van der Waals surface area contributed by atoms with Crippen LogP contribution in [-0.4, -0.2) is 29.3 Å². The van der Waals surface area contributed by atoms with Crippen molar-refractivity contribution < 1.29 is 14.2 Å². The zero-order chi connectivity index (χ0) is 19.1. The maximum Gasteiger partial charge on any atom is 0.146 e. The van der Waals surface area contributed by atoms with Crippen molar-refractivity contribution in [1.29, 1.82) is 0 Å². The SMILES string of the molecule is CCCOc1ccc(Cl)cc1-c1ccc(F)c(CN[C@@H](CO)C(C)C)n1. The molecule has 2 aromatic rings. The van der Waals surface area contributed by atoms with Gasteiger partial charge in [0.25, 0.3) is 0 Å². The van der Waals surface area contributed by atoms with Gasteiger partial charge in [0, 0.05) is 23.2 Å². The standard InChI is InChI=1S/C20H26ClFN2O2/c1-4-9-26-20-8-5-14(21)10-15(20)17-7-6-16(22)18(24-17)11-23-19(12-25)13(2)3/h5-8,10,13,19,23,25H,4,9,11-12H2,1-3H3/t19-/m0/s1. The van der Waals surface area contributed by atoms with E-state index in [-0.39, 0.29) is 30.9 Å². The van der Waals surface area contributed by atoms with Gasteiger partial charge in [-0.15, -0.1) is 0 Å². The van der Waals surface area contributed by atoms with Gasteiger partial charge in [0.1, 0.15) is 11.6 Å². The fraction of sp³-hybridized carbons (Fsp3) is 0.450. The topological polar surface area (TPSA) is 54.4 Å². The number of benzene rings is 1. The van der Waals surface area contributed by atoms with E-state index in [0.717, 1.165) is 12.0 Å². The van der Waals surface area contributed by atoms with Crippen LogP contribution in [0.4, 0.5) is 4.39 Å². The normalized spacial score (nSPS) is 12.4. The van der Waals surface area contributed by atoms with Crippen molar-refractivity contribution in [2.24, 2.45) is 5.92 Å². The molecule has 1 heterocycles. The Labute approximate surface area is 159 Å². The molecule has 0 aliphatic carbocycles. The Morgan fingerprint density at radius 1 is 1.27 bits per heavy atom. The summed E-state index contributed by atoms with van der Waals surface area (Å²) in [5.74, 6) is 0.512. The molecule has 0 saturated carbocycles. The lowest BCUT2D eigenvalue weighted by Gasteiger charge is -2.20. The van der Waals surface area contributed by atoms with Crippen LogP contribution in [0.3, 0.4) is 0 Å². The van der Waals surface area contributed by atoms with Gasteiger partial charge in [-0.25, -0.2) is 9.37 Å². The molecule has 0 aliphatic heterocycles. The van der Waals surface area contributed by atoms with E-state index in [2.05, 4.69) is 10.3 Å². The highest BCUT2D eigenvalue weighted by Crippen LogP contribution is 2.32. The Balaban J connectivity index is 2.30. The largest absolute Gasteiger partial charge is 0.493 e. The smallest absolute Gasteiger partial charge is 0.146 e. The molecule has 0 radical (unpaired) electrons. The summed E-state index contributed by atoms with van der Waals surface area (Å²) in [5, 5.41) is 13.1. The van der Waals surface area contributed by atoms with Gasteiger partial charge < -0.3 is 15.2 Å². The predicted octanol–water partition coefficient (Wildman–Crippen LogP) is 4.44. The summed E-state index contributed by atoms with van der Waals surface area (Å²) in [6.07, 6.45) is 0.881. The molecule has 0 saturated heterocycles. The summed E-state index contributed by atoms with van der Waals surface area (Å²) in [5.41, 5.74) is 1.62. The third-order valence-electron chi connectivity index (χ3n) is 4.13. The van der Waals surface area contributed by atoms with Crippen molar-refractivity contribution in [2.75, 3.05) is 13.2 Å². The first kappa shape index (κ1) is 20.6. The molecule has 2 N–H and O–H groups in total. The van der Waals surface area contributed by atoms with E-state index < -0.39 is 0 Å². The minimum absolute atomic E-state index is 0.0116. The first-order valence-corrected chi connectivity index (χ1v) is 9.26. The Morgan fingerprint density at radius 3 is 2.69 bits per heavy atom. The molecular weight excluding hydrogens is 355 g/mol. The molecule has 4 nitrogen and oxygen atoms in total. The molecule has 0 aliphatic rings. The molecule has 0 spiro atoms. The molecule has 142 valence electrons. The molecule has 0 amide bonds. The molecule has 0 unspecified atom stereocenters. The van der Waals surface area contributed by atoms with Crippen molar-refractivity contribution in [1.82, 2.24) is 10.3 Å². The van der Waals surface area contributed by atoms with Crippen LogP contribution >= 0.6 is 11.6 Å². The average Bonchev–Trinajstić information content (AvgIpc) is 2.62. The second kappa shape index (κ2) is 9.86. The van der Waals surface area contributed by atoms with Gasteiger partial charge in [0.05, 0.1) is 24.6 Å². The lowest BCUT2D eigenvalue weighted by molar-refractivity contribution is 0.209. The Morgan fingerprint density at radius 2 is 2.04 bits per heavy atom. The van der Waals surface area contributed by atoms with E-state index >= 15 is 0 Å². The Hall–Kier alpha value is -1.69. The first-order valence-electron chi connectivity index (χ1n) is 8.88. The summed E-state index contributed by atoms with van der Waals surface area (Å²) in [7, 11) is 0. The van der Waals surface area contributed by atoms with E-state index in [9.17, 15) is 9.50 Å². The number of hydrogen-bond donors (Lipinski definition) is 2. The molecule has 1 atom stereocenters. The number of hydrogen-bond acceptors (Lipinski definition) is 4. The summed E-state index contributed by atoms with van der Waals surface area (Å²) in [6, 6.07) is 8.24. The van der Waals surface area contributed by atoms with Crippen LogP contribution in [0.25, 0.3) is 11.3 Å². The van der Waals surface area contributed by atoms with Crippen LogP contribution in [0, 0.1) is 11.7 Å². The Bertz CT molecular complexity index is 725. The number of aliphatic hydroxyl groups excluding tert-OH is 1. The third-order valence-corrected chi connectivity index (χ3v) is 4.37. The quantitative estimate of drug-likeness (QED) is 0.675. The van der Waals surface area contributed by atoms with Crippen molar-refractivity contribution in [3.8, 4) is 17.0 Å². The van der Waals surface area contributed by atoms with Gasteiger partial charge in [-0.3, -0.25) is 0 Å². The van der Waals surface area contributed by atoms with E-state index in [1.54, 1.807) is 24.3 Å². The van der Waals surface area contributed by atoms with E-state index in [1.165, 1.54) is 6.07 Å². The van der Waals surface area contributed by atoms with E-state index in [0.29, 0.717) is 28.8 Å². The van der Waals surface area contributed by atoms with Gasteiger partial charge in [-0.05, 0) is 42.7 Å². The predicted molar refractivity (Wildman–Crippen MR) is 103 cm³/mol. The van der Waals surface area contributed by atoms with Gasteiger partial charge in [0.15, 0.2) is 0 Å². The number of pyridine rings is 1. The van der Waals surface area contributed by atoms with Gasteiger partial charge in [-0.2, -0.15) is 0 Å². The van der Waals surface area contributed by atoms with E-state index in [1.807, 2.05) is 20.8 Å². The lowest BCUT2D eigenvalue weighted by atomic mass is 10.1. The maximum absolute atomic E-state index is 14.2. The molecule has 0 fully saturated rings. The zero-order valence-electron chi connectivity index (χ0n) is 15.4. The average molecular weight is 381 g/mol. The number of aliphatic hydroxyl groups is 1. The number of ether oxygens (including phenoxy) is 1. The zero-order valence-corrected chi connectivity index (χ0v) is 16.2. The molecule has 0 bridgehead atoms. The fourth-order valence-electron chi connectivity index (χ4n) is 2.54. The Kier molecular flexibility index (Phi) is 7.82. The lowest BCUT2D eigenvalue weighted by Crippen LogP contribution is -2.36. The van der Waals surface area contributed by atoms with Crippen LogP contribution in [0.2, 0.25) is 5.02 Å². The number of aromatic nitrogens is 1. The molecule has 1 aromatic carbocycles. The van der Waals surface area contributed by atoms with Gasteiger partial charge >= 0.3 is 0 Å². The van der Waals surface area contributed by atoms with Crippen LogP contribution in [0.5, 0.6) is 5.75 Å². The van der Waals surface area contributed by atoms with Crippen molar-refractivity contribution in [3.63, 3.8) is 0 Å². The molecule has 2 rings (SSSR count). The number of nitrogens with one attached hydrogen (secondary N) is 1. The second-order valence-corrected chi connectivity index (χ2v) is 6.96. The molecule has 6 heteroatoms. The second-order valence-electron chi connectivity index (χ2n) is 6.53. The van der Waals surface area contributed by atoms with Crippen LogP contribution in [0.15, 0.2) is 30.3 Å². The minimum atomic E-state index is -0.389. The highest BCUT2D eigenvalue weighted by molar-refractivity contribution is 6.30.